The van der Waals surface area contributed by atoms with Gasteiger partial charge in [0.15, 0.2) is 0 Å². The van der Waals surface area contributed by atoms with Gasteiger partial charge in [-0.1, -0.05) is 18.2 Å². The van der Waals surface area contributed by atoms with Crippen molar-refractivity contribution in [2.75, 3.05) is 6.54 Å². The van der Waals surface area contributed by atoms with Crippen LogP contribution in [0, 0.1) is 11.3 Å². The average Bonchev–Trinajstić information content (AvgIpc) is 3.17. The highest BCUT2D eigenvalue weighted by Gasteiger charge is 2.07. The van der Waals surface area contributed by atoms with E-state index in [9.17, 15) is 4.79 Å². The van der Waals surface area contributed by atoms with Gasteiger partial charge < -0.3 is 10.3 Å². The number of hydrogen-bond donors (Lipinski definition) is 2. The molecular weight excluding hydrogens is 350 g/mol. The standard InChI is InChI=1S/C22H17N5O/c23-12-18-13-26-21-6-1-15(11-19(18)21)7-10-25-22(28)17-4-2-16(3-5-17)20-8-9-24-14-27-20/h1-6,8-9,11,13-14,26H,7,10H2,(H,25,28). The monoisotopic (exact) mass is 367 g/mol. The lowest BCUT2D eigenvalue weighted by Crippen LogP contribution is -2.25. The van der Waals surface area contributed by atoms with Crippen LogP contribution in [0.4, 0.5) is 0 Å². The molecule has 0 saturated carbocycles. The summed E-state index contributed by atoms with van der Waals surface area (Å²) in [7, 11) is 0. The zero-order valence-electron chi connectivity index (χ0n) is 15.0. The Balaban J connectivity index is 1.37. The van der Waals surface area contributed by atoms with Gasteiger partial charge in [0.05, 0.1) is 11.3 Å². The van der Waals surface area contributed by atoms with Gasteiger partial charge >= 0.3 is 0 Å². The molecule has 0 unspecified atom stereocenters. The first-order valence-corrected chi connectivity index (χ1v) is 8.89. The zero-order chi connectivity index (χ0) is 19.3. The van der Waals surface area contributed by atoms with Crippen LogP contribution in [0.15, 0.2) is 67.3 Å². The molecule has 0 fully saturated rings. The van der Waals surface area contributed by atoms with Gasteiger partial charge in [0, 0.05) is 41.0 Å². The SMILES string of the molecule is N#Cc1c[nH]c2ccc(CCNC(=O)c3ccc(-c4ccncn4)cc3)cc12. The summed E-state index contributed by atoms with van der Waals surface area (Å²) in [6.45, 7) is 0.518. The van der Waals surface area contributed by atoms with Crippen molar-refractivity contribution in [3.05, 3.63) is 83.9 Å². The van der Waals surface area contributed by atoms with Crippen molar-refractivity contribution in [2.24, 2.45) is 0 Å². The van der Waals surface area contributed by atoms with Gasteiger partial charge in [-0.2, -0.15) is 5.26 Å². The number of rotatable bonds is 5. The van der Waals surface area contributed by atoms with E-state index in [0.717, 1.165) is 27.7 Å². The molecule has 2 aromatic heterocycles. The van der Waals surface area contributed by atoms with E-state index in [1.165, 1.54) is 6.33 Å². The first kappa shape index (κ1) is 17.4. The van der Waals surface area contributed by atoms with Crippen LogP contribution in [0.1, 0.15) is 21.5 Å². The van der Waals surface area contributed by atoms with E-state index >= 15 is 0 Å². The van der Waals surface area contributed by atoms with Gasteiger partial charge in [-0.15, -0.1) is 0 Å². The van der Waals surface area contributed by atoms with Crippen molar-refractivity contribution in [3.8, 4) is 17.3 Å². The van der Waals surface area contributed by atoms with E-state index in [1.807, 2.05) is 36.4 Å². The molecule has 6 nitrogen and oxygen atoms in total. The summed E-state index contributed by atoms with van der Waals surface area (Å²) in [5.41, 5.74) is 5.00. The molecule has 0 aliphatic rings. The van der Waals surface area contributed by atoms with E-state index in [1.54, 1.807) is 24.5 Å². The highest BCUT2D eigenvalue weighted by Crippen LogP contribution is 2.19. The second-order valence-corrected chi connectivity index (χ2v) is 6.37. The first-order valence-electron chi connectivity index (χ1n) is 8.89. The maximum absolute atomic E-state index is 12.4. The second-order valence-electron chi connectivity index (χ2n) is 6.37. The van der Waals surface area contributed by atoms with Crippen LogP contribution in [0.25, 0.3) is 22.2 Å². The van der Waals surface area contributed by atoms with E-state index in [2.05, 4.69) is 26.3 Å². The molecule has 0 atom stereocenters. The van der Waals surface area contributed by atoms with Crippen LogP contribution >= 0.6 is 0 Å². The minimum atomic E-state index is -0.116. The Labute approximate surface area is 161 Å². The topological polar surface area (TPSA) is 94.5 Å². The number of benzene rings is 2. The van der Waals surface area contributed by atoms with Gasteiger partial charge in [0.25, 0.3) is 5.91 Å². The van der Waals surface area contributed by atoms with Crippen molar-refractivity contribution in [1.29, 1.82) is 5.26 Å². The lowest BCUT2D eigenvalue weighted by atomic mass is 10.1. The molecule has 2 heterocycles. The molecule has 4 aromatic rings. The smallest absolute Gasteiger partial charge is 0.251 e. The van der Waals surface area contributed by atoms with Crippen molar-refractivity contribution < 1.29 is 4.79 Å². The number of fused-ring (bicyclic) bond motifs is 1. The van der Waals surface area contributed by atoms with Crippen LogP contribution < -0.4 is 5.32 Å². The number of nitrogens with one attached hydrogen (secondary N) is 2. The lowest BCUT2D eigenvalue weighted by molar-refractivity contribution is 0.0954. The Hall–Kier alpha value is -3.98. The summed E-state index contributed by atoms with van der Waals surface area (Å²) in [5, 5.41) is 13.0. The number of nitriles is 1. The lowest BCUT2D eigenvalue weighted by Gasteiger charge is -2.07. The molecular formula is C22H17N5O. The molecule has 6 heteroatoms. The third-order valence-corrected chi connectivity index (χ3v) is 4.59. The number of aromatic amines is 1. The Morgan fingerprint density at radius 3 is 2.75 bits per heavy atom. The van der Waals surface area contributed by atoms with E-state index in [0.29, 0.717) is 24.1 Å². The third kappa shape index (κ3) is 3.60. The molecule has 0 spiro atoms. The maximum Gasteiger partial charge on any atom is 0.251 e. The number of aromatic nitrogens is 3. The molecule has 1 amide bonds. The summed E-state index contributed by atoms with van der Waals surface area (Å²) in [4.78, 5) is 23.6. The summed E-state index contributed by atoms with van der Waals surface area (Å²) in [6.07, 6.45) is 5.59. The maximum atomic E-state index is 12.4. The van der Waals surface area contributed by atoms with Crippen LogP contribution in [-0.2, 0) is 6.42 Å². The largest absolute Gasteiger partial charge is 0.360 e. The number of amides is 1. The van der Waals surface area contributed by atoms with Gasteiger partial charge in [0.2, 0.25) is 0 Å². The fourth-order valence-electron chi connectivity index (χ4n) is 3.09. The molecule has 0 bridgehead atoms. The molecule has 136 valence electrons. The van der Waals surface area contributed by atoms with Crippen LogP contribution in [-0.4, -0.2) is 27.4 Å². The number of carbonyl (C=O) groups excluding carboxylic acids is 1. The van der Waals surface area contributed by atoms with Gasteiger partial charge in [-0.25, -0.2) is 9.97 Å². The summed E-state index contributed by atoms with van der Waals surface area (Å²) < 4.78 is 0. The van der Waals surface area contributed by atoms with E-state index < -0.39 is 0 Å². The molecule has 2 N–H and O–H groups in total. The third-order valence-electron chi connectivity index (χ3n) is 4.59. The summed E-state index contributed by atoms with van der Waals surface area (Å²) in [6, 6.07) is 17.3. The fourth-order valence-corrected chi connectivity index (χ4v) is 3.09. The average molecular weight is 367 g/mol. The molecule has 4 rings (SSSR count). The summed E-state index contributed by atoms with van der Waals surface area (Å²) in [5.74, 6) is -0.116. The number of carbonyl (C=O) groups is 1. The highest BCUT2D eigenvalue weighted by molar-refractivity contribution is 5.94. The minimum Gasteiger partial charge on any atom is -0.360 e. The first-order chi connectivity index (χ1) is 13.7. The summed E-state index contributed by atoms with van der Waals surface area (Å²) >= 11 is 0. The van der Waals surface area contributed by atoms with Gasteiger partial charge in [0.1, 0.15) is 12.4 Å². The zero-order valence-corrected chi connectivity index (χ0v) is 15.0. The quantitative estimate of drug-likeness (QED) is 0.565. The predicted molar refractivity (Wildman–Crippen MR) is 107 cm³/mol. The Morgan fingerprint density at radius 1 is 1.14 bits per heavy atom. The predicted octanol–water partition coefficient (Wildman–Crippen LogP) is 3.47. The minimum absolute atomic E-state index is 0.116. The molecule has 28 heavy (non-hydrogen) atoms. The molecule has 2 aromatic carbocycles. The van der Waals surface area contributed by atoms with E-state index in [-0.39, 0.29) is 5.91 Å². The van der Waals surface area contributed by atoms with Crippen molar-refractivity contribution in [3.63, 3.8) is 0 Å². The van der Waals surface area contributed by atoms with Crippen LogP contribution in [0.3, 0.4) is 0 Å². The van der Waals surface area contributed by atoms with Crippen LogP contribution in [0.2, 0.25) is 0 Å². The highest BCUT2D eigenvalue weighted by atomic mass is 16.1. The Morgan fingerprint density at radius 2 is 2.00 bits per heavy atom. The molecule has 0 saturated heterocycles. The van der Waals surface area contributed by atoms with E-state index in [4.69, 9.17) is 5.26 Å². The second kappa shape index (κ2) is 7.72. The fraction of sp³-hybridized carbons (Fsp3) is 0.0909. The number of H-pyrrole nitrogens is 1. The molecule has 0 aliphatic carbocycles. The van der Waals surface area contributed by atoms with Crippen LogP contribution in [0.5, 0.6) is 0 Å². The van der Waals surface area contributed by atoms with Crippen molar-refractivity contribution >= 4 is 16.8 Å². The van der Waals surface area contributed by atoms with Crippen molar-refractivity contribution in [2.45, 2.75) is 6.42 Å². The number of nitrogens with zero attached hydrogens (tertiary/aromatic N) is 3. The van der Waals surface area contributed by atoms with Crippen molar-refractivity contribution in [1.82, 2.24) is 20.3 Å². The normalized spacial score (nSPS) is 10.5. The Kier molecular flexibility index (Phi) is 4.81. The van der Waals surface area contributed by atoms with Gasteiger partial charge in [-0.05, 0) is 42.3 Å². The molecule has 0 radical (unpaired) electrons. The van der Waals surface area contributed by atoms with Gasteiger partial charge in [-0.3, -0.25) is 4.79 Å². The Bertz CT molecular complexity index is 1160. The molecule has 0 aliphatic heterocycles. The number of hydrogen-bond acceptors (Lipinski definition) is 4.